The molecule has 1 N–H and O–H groups in total. The smallest absolute Gasteiger partial charge is 0.312 e. The van der Waals surface area contributed by atoms with Crippen LogP contribution in [0.4, 0.5) is 5.69 Å². The third kappa shape index (κ3) is 5.20. The Morgan fingerprint density at radius 3 is 2.39 bits per heavy atom. The van der Waals surface area contributed by atoms with E-state index in [1.165, 1.54) is 23.4 Å². The number of nitro groups is 1. The van der Waals surface area contributed by atoms with Gasteiger partial charge < -0.3 is 10.1 Å². The zero-order valence-electron chi connectivity index (χ0n) is 17.4. The highest BCUT2D eigenvalue weighted by Crippen LogP contribution is 2.32. The van der Waals surface area contributed by atoms with Gasteiger partial charge in [0.15, 0.2) is 11.9 Å². The fourth-order valence-corrected chi connectivity index (χ4v) is 4.91. The summed E-state index contributed by atoms with van der Waals surface area (Å²) in [6.45, 7) is 4.09. The molecule has 2 atom stereocenters. The van der Waals surface area contributed by atoms with E-state index >= 15 is 0 Å². The minimum absolute atomic E-state index is 0.164. The van der Waals surface area contributed by atoms with Crippen molar-refractivity contribution in [3.8, 4) is 5.75 Å². The topological polar surface area (TPSA) is 119 Å². The van der Waals surface area contributed by atoms with Gasteiger partial charge in [-0.25, -0.2) is 8.42 Å². The van der Waals surface area contributed by atoms with Gasteiger partial charge in [0.25, 0.3) is 5.91 Å². The van der Waals surface area contributed by atoms with Gasteiger partial charge in [0, 0.05) is 19.2 Å². The molecule has 0 spiro atoms. The first kappa shape index (κ1) is 22.7. The molecule has 10 heteroatoms. The van der Waals surface area contributed by atoms with Gasteiger partial charge in [0.05, 0.1) is 15.9 Å². The molecule has 1 saturated heterocycles. The van der Waals surface area contributed by atoms with E-state index in [4.69, 9.17) is 4.74 Å². The maximum absolute atomic E-state index is 12.7. The number of hydrogen-bond acceptors (Lipinski definition) is 6. The fourth-order valence-electron chi connectivity index (χ4n) is 3.38. The lowest BCUT2D eigenvalue weighted by Gasteiger charge is -2.19. The number of nitrogens with one attached hydrogen (secondary N) is 1. The molecule has 166 valence electrons. The Kier molecular flexibility index (Phi) is 6.91. The maximum Gasteiger partial charge on any atom is 0.312 e. The number of benzene rings is 2. The van der Waals surface area contributed by atoms with Crippen LogP contribution in [0, 0.1) is 10.1 Å². The summed E-state index contributed by atoms with van der Waals surface area (Å²) >= 11 is 0. The van der Waals surface area contributed by atoms with Gasteiger partial charge in [0.2, 0.25) is 10.0 Å². The van der Waals surface area contributed by atoms with Crippen molar-refractivity contribution in [1.82, 2.24) is 9.62 Å². The molecule has 0 aromatic heterocycles. The first-order valence-corrected chi connectivity index (χ1v) is 11.4. The Bertz CT molecular complexity index is 1050. The van der Waals surface area contributed by atoms with Crippen molar-refractivity contribution in [2.24, 2.45) is 0 Å². The third-order valence-electron chi connectivity index (χ3n) is 5.16. The Labute approximate surface area is 181 Å². The normalized spacial score (nSPS) is 16.5. The molecule has 1 heterocycles. The highest BCUT2D eigenvalue weighted by atomic mass is 32.2. The standard InChI is InChI=1S/C21H25N3O6S/c1-15(17-8-4-3-5-9-17)22-21(25)16(2)30-20-11-10-18(14-19(20)24(26)27)31(28,29)23-12-6-7-13-23/h3-5,8-11,14-16H,6-7,12-13H2,1-2H3,(H,22,25)/t15-,16+/m0/s1. The number of ether oxygens (including phenoxy) is 1. The van der Waals surface area contributed by atoms with E-state index < -0.39 is 32.6 Å². The summed E-state index contributed by atoms with van der Waals surface area (Å²) in [6.07, 6.45) is 0.499. The van der Waals surface area contributed by atoms with Gasteiger partial charge in [-0.2, -0.15) is 4.31 Å². The molecule has 0 aliphatic carbocycles. The predicted molar refractivity (Wildman–Crippen MR) is 114 cm³/mol. The van der Waals surface area contributed by atoms with Crippen LogP contribution in [-0.4, -0.2) is 42.7 Å². The molecule has 2 aromatic carbocycles. The average molecular weight is 448 g/mol. The minimum atomic E-state index is -3.81. The number of amides is 1. The van der Waals surface area contributed by atoms with Gasteiger partial charge in [-0.1, -0.05) is 30.3 Å². The second kappa shape index (κ2) is 9.44. The quantitative estimate of drug-likeness (QED) is 0.491. The lowest BCUT2D eigenvalue weighted by molar-refractivity contribution is -0.386. The molecule has 0 unspecified atom stereocenters. The molecular weight excluding hydrogens is 422 g/mol. The van der Waals surface area contributed by atoms with E-state index in [0.29, 0.717) is 13.1 Å². The Hall–Kier alpha value is -2.98. The number of carbonyl (C=O) groups is 1. The van der Waals surface area contributed by atoms with Crippen LogP contribution in [-0.2, 0) is 14.8 Å². The van der Waals surface area contributed by atoms with Crippen LogP contribution in [0.3, 0.4) is 0 Å². The van der Waals surface area contributed by atoms with Crippen molar-refractivity contribution in [3.05, 3.63) is 64.2 Å². The van der Waals surface area contributed by atoms with E-state index in [1.54, 1.807) is 0 Å². The summed E-state index contributed by atoms with van der Waals surface area (Å²) < 4.78 is 32.3. The van der Waals surface area contributed by atoms with E-state index in [2.05, 4.69) is 5.32 Å². The van der Waals surface area contributed by atoms with E-state index in [-0.39, 0.29) is 16.7 Å². The lowest BCUT2D eigenvalue weighted by atomic mass is 10.1. The van der Waals surface area contributed by atoms with Crippen LogP contribution in [0.2, 0.25) is 0 Å². The minimum Gasteiger partial charge on any atom is -0.474 e. The molecule has 0 bridgehead atoms. The highest BCUT2D eigenvalue weighted by Gasteiger charge is 2.30. The van der Waals surface area contributed by atoms with Crippen molar-refractivity contribution in [2.45, 2.75) is 43.7 Å². The first-order chi connectivity index (χ1) is 14.7. The Balaban J connectivity index is 1.76. The van der Waals surface area contributed by atoms with Gasteiger partial charge in [0.1, 0.15) is 0 Å². The third-order valence-corrected chi connectivity index (χ3v) is 7.06. The molecule has 1 aliphatic rings. The van der Waals surface area contributed by atoms with Gasteiger partial charge in [-0.15, -0.1) is 0 Å². The van der Waals surface area contributed by atoms with Crippen molar-refractivity contribution in [3.63, 3.8) is 0 Å². The summed E-state index contributed by atoms with van der Waals surface area (Å²) in [5.41, 5.74) is 0.404. The van der Waals surface area contributed by atoms with Crippen LogP contribution in [0.25, 0.3) is 0 Å². The molecule has 0 saturated carbocycles. The molecule has 1 aliphatic heterocycles. The molecule has 31 heavy (non-hydrogen) atoms. The lowest BCUT2D eigenvalue weighted by Crippen LogP contribution is -2.37. The average Bonchev–Trinajstić information content (AvgIpc) is 3.30. The number of rotatable bonds is 8. The summed E-state index contributed by atoms with van der Waals surface area (Å²) in [4.78, 5) is 23.2. The molecule has 3 rings (SSSR count). The number of nitro benzene ring substituents is 1. The summed E-state index contributed by atoms with van der Waals surface area (Å²) in [7, 11) is -3.81. The molecular formula is C21H25N3O6S. The molecule has 1 amide bonds. The number of hydrogen-bond donors (Lipinski definition) is 1. The first-order valence-electron chi connectivity index (χ1n) is 10.0. The number of sulfonamides is 1. The largest absolute Gasteiger partial charge is 0.474 e. The van der Waals surface area contributed by atoms with Gasteiger partial charge >= 0.3 is 5.69 Å². The summed E-state index contributed by atoms with van der Waals surface area (Å²) in [5, 5.41) is 14.4. The van der Waals surface area contributed by atoms with Crippen molar-refractivity contribution >= 4 is 21.6 Å². The van der Waals surface area contributed by atoms with Crippen LogP contribution >= 0.6 is 0 Å². The second-order valence-corrected chi connectivity index (χ2v) is 9.34. The van der Waals surface area contributed by atoms with Gasteiger partial charge in [-0.05, 0) is 44.4 Å². The SMILES string of the molecule is C[C@H](NC(=O)[C@@H](C)Oc1ccc(S(=O)(=O)N2CCCC2)cc1[N+](=O)[O-])c1ccccc1. The Morgan fingerprint density at radius 1 is 1.13 bits per heavy atom. The molecule has 1 fully saturated rings. The van der Waals surface area contributed by atoms with Crippen molar-refractivity contribution in [2.75, 3.05) is 13.1 Å². The number of nitrogens with zero attached hydrogens (tertiary/aromatic N) is 2. The highest BCUT2D eigenvalue weighted by molar-refractivity contribution is 7.89. The van der Waals surface area contributed by atoms with E-state index in [0.717, 1.165) is 24.5 Å². The zero-order chi connectivity index (χ0) is 22.6. The van der Waals surface area contributed by atoms with Crippen LogP contribution in [0.5, 0.6) is 5.75 Å². The molecule has 2 aromatic rings. The fraction of sp³-hybridized carbons (Fsp3) is 0.381. The van der Waals surface area contributed by atoms with Crippen molar-refractivity contribution in [1.29, 1.82) is 0 Å². The second-order valence-electron chi connectivity index (χ2n) is 7.40. The maximum atomic E-state index is 12.7. The van der Waals surface area contributed by atoms with E-state index in [1.807, 2.05) is 37.3 Å². The zero-order valence-corrected chi connectivity index (χ0v) is 18.2. The molecule has 9 nitrogen and oxygen atoms in total. The van der Waals surface area contributed by atoms with Crippen LogP contribution < -0.4 is 10.1 Å². The summed E-state index contributed by atoms with van der Waals surface area (Å²) in [5.74, 6) is -0.611. The van der Waals surface area contributed by atoms with Gasteiger partial charge in [-0.3, -0.25) is 14.9 Å². The summed E-state index contributed by atoms with van der Waals surface area (Å²) in [6, 6.07) is 12.6. The van der Waals surface area contributed by atoms with Crippen molar-refractivity contribution < 1.29 is 22.9 Å². The van der Waals surface area contributed by atoms with Crippen LogP contribution in [0.15, 0.2) is 53.4 Å². The monoisotopic (exact) mass is 447 g/mol. The number of carbonyl (C=O) groups excluding carboxylic acids is 1. The molecule has 0 radical (unpaired) electrons. The Morgan fingerprint density at radius 2 is 1.77 bits per heavy atom. The van der Waals surface area contributed by atoms with Crippen LogP contribution in [0.1, 0.15) is 38.3 Å². The van der Waals surface area contributed by atoms with E-state index in [9.17, 15) is 23.3 Å². The predicted octanol–water partition coefficient (Wildman–Crippen LogP) is 3.02.